The topological polar surface area (TPSA) is 76.3 Å². The highest BCUT2D eigenvalue weighted by Crippen LogP contribution is 2.17. The Morgan fingerprint density at radius 3 is 2.67 bits per heavy atom. The Hall–Kier alpha value is -1.99. The first kappa shape index (κ1) is 15.4. The molecular formula is C14H15N3O2S2. The van der Waals surface area contributed by atoms with E-state index in [0.717, 1.165) is 0 Å². The fourth-order valence-electron chi connectivity index (χ4n) is 1.80. The molecule has 0 saturated carbocycles. The number of benzene rings is 1. The summed E-state index contributed by atoms with van der Waals surface area (Å²) in [6, 6.07) is 12.0. The zero-order valence-corrected chi connectivity index (χ0v) is 13.1. The Labute approximate surface area is 129 Å². The van der Waals surface area contributed by atoms with Crippen LogP contribution >= 0.6 is 12.2 Å². The summed E-state index contributed by atoms with van der Waals surface area (Å²) >= 11 is 4.90. The van der Waals surface area contributed by atoms with E-state index in [1.807, 2.05) is 0 Å². The number of nitrogens with zero attached hydrogens (tertiary/aromatic N) is 2. The van der Waals surface area contributed by atoms with Crippen LogP contribution in [0.25, 0.3) is 0 Å². The van der Waals surface area contributed by atoms with E-state index in [-0.39, 0.29) is 10.7 Å². The van der Waals surface area contributed by atoms with Crippen molar-refractivity contribution < 1.29 is 8.42 Å². The van der Waals surface area contributed by atoms with Crippen molar-refractivity contribution in [3.63, 3.8) is 0 Å². The molecule has 0 atom stereocenters. The molecule has 1 aromatic carbocycles. The van der Waals surface area contributed by atoms with Gasteiger partial charge in [-0.1, -0.05) is 36.5 Å². The molecular weight excluding hydrogens is 306 g/mol. The number of sulfonamides is 1. The first-order valence-corrected chi connectivity index (χ1v) is 8.18. The summed E-state index contributed by atoms with van der Waals surface area (Å²) < 4.78 is 26.0. The van der Waals surface area contributed by atoms with Crippen molar-refractivity contribution in [3.8, 4) is 0 Å². The highest BCUT2D eigenvalue weighted by molar-refractivity contribution is 7.92. The van der Waals surface area contributed by atoms with Crippen LogP contribution in [0.3, 0.4) is 0 Å². The number of hydrogen-bond acceptors (Lipinski definition) is 4. The Kier molecular flexibility index (Phi) is 4.54. The number of nitrogens with two attached hydrogens (primary N) is 1. The van der Waals surface area contributed by atoms with Gasteiger partial charge in [-0.15, -0.1) is 0 Å². The third-order valence-electron chi connectivity index (χ3n) is 2.95. The van der Waals surface area contributed by atoms with Gasteiger partial charge in [0.15, 0.2) is 0 Å². The molecule has 1 aromatic heterocycles. The predicted octanol–water partition coefficient (Wildman–Crippen LogP) is 1.68. The largest absolute Gasteiger partial charge is 0.389 e. The fourth-order valence-corrected chi connectivity index (χ4v) is 3.12. The maximum atomic E-state index is 12.4. The van der Waals surface area contributed by atoms with E-state index in [2.05, 4.69) is 4.98 Å². The molecule has 2 aromatic rings. The average molecular weight is 321 g/mol. The standard InChI is InChI=1S/C14H15N3O2S2/c1-17(13-7-2-3-8-16-13)21(18,19)10-11-5-4-6-12(9-11)14(15)20/h2-9H,10H2,1H3,(H2,15,20). The van der Waals surface area contributed by atoms with E-state index in [1.54, 1.807) is 48.7 Å². The van der Waals surface area contributed by atoms with Gasteiger partial charge in [0.1, 0.15) is 10.8 Å². The van der Waals surface area contributed by atoms with E-state index in [9.17, 15) is 8.42 Å². The van der Waals surface area contributed by atoms with Crippen molar-refractivity contribution in [2.45, 2.75) is 5.75 Å². The summed E-state index contributed by atoms with van der Waals surface area (Å²) in [6.45, 7) is 0. The molecule has 0 aliphatic heterocycles. The number of aromatic nitrogens is 1. The monoisotopic (exact) mass is 321 g/mol. The van der Waals surface area contributed by atoms with Gasteiger partial charge in [0.25, 0.3) is 0 Å². The molecule has 2 rings (SSSR count). The zero-order chi connectivity index (χ0) is 15.5. The lowest BCUT2D eigenvalue weighted by Gasteiger charge is -2.18. The average Bonchev–Trinajstić information content (AvgIpc) is 2.47. The lowest BCUT2D eigenvalue weighted by Crippen LogP contribution is -2.28. The van der Waals surface area contributed by atoms with Crippen LogP contribution in [0, 0.1) is 0 Å². The second-order valence-electron chi connectivity index (χ2n) is 4.48. The van der Waals surface area contributed by atoms with Gasteiger partial charge in [-0.3, -0.25) is 4.31 Å². The molecule has 0 aliphatic rings. The molecule has 0 saturated heterocycles. The fraction of sp³-hybridized carbons (Fsp3) is 0.143. The van der Waals surface area contributed by atoms with Crippen LogP contribution in [0.15, 0.2) is 48.7 Å². The maximum absolute atomic E-state index is 12.4. The Bertz CT molecular complexity index is 746. The number of thiocarbonyl (C=S) groups is 1. The van der Waals surface area contributed by atoms with Crippen LogP contribution in [0.5, 0.6) is 0 Å². The first-order chi connectivity index (χ1) is 9.90. The number of rotatable bonds is 5. The Morgan fingerprint density at radius 2 is 2.05 bits per heavy atom. The molecule has 5 nitrogen and oxygen atoms in total. The summed E-state index contributed by atoms with van der Waals surface area (Å²) in [7, 11) is -2.04. The Balaban J connectivity index is 2.25. The number of anilines is 1. The van der Waals surface area contributed by atoms with Crippen molar-refractivity contribution in [3.05, 3.63) is 59.8 Å². The van der Waals surface area contributed by atoms with E-state index >= 15 is 0 Å². The molecule has 1 heterocycles. The van der Waals surface area contributed by atoms with Gasteiger partial charge < -0.3 is 5.73 Å². The summed E-state index contributed by atoms with van der Waals surface area (Å²) in [6.07, 6.45) is 1.55. The second kappa shape index (κ2) is 6.19. The van der Waals surface area contributed by atoms with Crippen LogP contribution in [-0.2, 0) is 15.8 Å². The molecule has 110 valence electrons. The third kappa shape index (κ3) is 3.77. The number of hydrogen-bond donors (Lipinski definition) is 1. The van der Waals surface area contributed by atoms with Crippen LogP contribution in [0.1, 0.15) is 11.1 Å². The van der Waals surface area contributed by atoms with Gasteiger partial charge in [-0.25, -0.2) is 13.4 Å². The summed E-state index contributed by atoms with van der Waals surface area (Å²) in [5.41, 5.74) is 6.84. The first-order valence-electron chi connectivity index (χ1n) is 6.16. The van der Waals surface area contributed by atoms with E-state index in [1.165, 1.54) is 11.4 Å². The van der Waals surface area contributed by atoms with Gasteiger partial charge in [0, 0.05) is 18.8 Å². The lowest BCUT2D eigenvalue weighted by atomic mass is 10.1. The van der Waals surface area contributed by atoms with Gasteiger partial charge in [-0.05, 0) is 23.8 Å². The minimum atomic E-state index is -3.52. The molecule has 0 amide bonds. The molecule has 21 heavy (non-hydrogen) atoms. The molecule has 0 aliphatic carbocycles. The van der Waals surface area contributed by atoms with Crippen LogP contribution < -0.4 is 10.0 Å². The van der Waals surface area contributed by atoms with E-state index in [4.69, 9.17) is 18.0 Å². The lowest BCUT2D eigenvalue weighted by molar-refractivity contribution is 0.593. The molecule has 7 heteroatoms. The van der Waals surface area contributed by atoms with Gasteiger partial charge in [-0.2, -0.15) is 0 Å². The van der Waals surface area contributed by atoms with Crippen molar-refractivity contribution in [2.24, 2.45) is 5.73 Å². The van der Waals surface area contributed by atoms with Crippen LogP contribution in [0.4, 0.5) is 5.82 Å². The summed E-state index contributed by atoms with van der Waals surface area (Å²) in [4.78, 5) is 4.28. The molecule has 0 bridgehead atoms. The minimum Gasteiger partial charge on any atom is -0.389 e. The third-order valence-corrected chi connectivity index (χ3v) is 4.91. The van der Waals surface area contributed by atoms with E-state index in [0.29, 0.717) is 16.9 Å². The highest BCUT2D eigenvalue weighted by Gasteiger charge is 2.20. The SMILES string of the molecule is CN(c1ccccn1)S(=O)(=O)Cc1cccc(C(N)=S)c1. The minimum absolute atomic E-state index is 0.142. The van der Waals surface area contributed by atoms with E-state index < -0.39 is 10.0 Å². The zero-order valence-electron chi connectivity index (χ0n) is 11.4. The predicted molar refractivity (Wildman–Crippen MR) is 87.6 cm³/mol. The van der Waals surface area contributed by atoms with Crippen molar-refractivity contribution in [1.29, 1.82) is 0 Å². The maximum Gasteiger partial charge on any atom is 0.240 e. The number of pyridine rings is 1. The molecule has 2 N–H and O–H groups in total. The van der Waals surface area contributed by atoms with Crippen molar-refractivity contribution in [2.75, 3.05) is 11.4 Å². The van der Waals surface area contributed by atoms with Gasteiger partial charge >= 0.3 is 0 Å². The molecule has 0 spiro atoms. The molecule has 0 fully saturated rings. The highest BCUT2D eigenvalue weighted by atomic mass is 32.2. The van der Waals surface area contributed by atoms with Crippen molar-refractivity contribution >= 4 is 33.0 Å². The second-order valence-corrected chi connectivity index (χ2v) is 6.92. The molecule has 0 radical (unpaired) electrons. The Morgan fingerprint density at radius 1 is 1.29 bits per heavy atom. The van der Waals surface area contributed by atoms with Crippen LogP contribution in [0.2, 0.25) is 0 Å². The van der Waals surface area contributed by atoms with Crippen LogP contribution in [-0.4, -0.2) is 25.4 Å². The summed E-state index contributed by atoms with van der Waals surface area (Å²) in [5, 5.41) is 0. The van der Waals surface area contributed by atoms with Gasteiger partial charge in [0.05, 0.1) is 5.75 Å². The van der Waals surface area contributed by atoms with Gasteiger partial charge in [0.2, 0.25) is 10.0 Å². The smallest absolute Gasteiger partial charge is 0.240 e. The normalized spacial score (nSPS) is 11.1. The quantitative estimate of drug-likeness (QED) is 0.848. The van der Waals surface area contributed by atoms with Crippen molar-refractivity contribution in [1.82, 2.24) is 4.98 Å². The molecule has 0 unspecified atom stereocenters. The summed E-state index contributed by atoms with van der Waals surface area (Å²) in [5.74, 6) is 0.235.